The zero-order valence-corrected chi connectivity index (χ0v) is 16.9. The Morgan fingerprint density at radius 2 is 1.74 bits per heavy atom. The molecule has 0 saturated heterocycles. The molecule has 0 aromatic heterocycles. The van der Waals surface area contributed by atoms with E-state index in [0.717, 1.165) is 42.5 Å². The third-order valence-electron chi connectivity index (χ3n) is 4.78. The van der Waals surface area contributed by atoms with Crippen LogP contribution in [-0.2, 0) is 27.1 Å². The molecule has 3 N–H and O–H groups in total. The van der Waals surface area contributed by atoms with Crippen LogP contribution in [0.2, 0.25) is 0 Å². The second-order valence-corrected chi connectivity index (χ2v) is 8.48. The van der Waals surface area contributed by atoms with Crippen molar-refractivity contribution < 1.29 is 9.00 Å². The van der Waals surface area contributed by atoms with Crippen molar-refractivity contribution >= 4 is 34.8 Å². The van der Waals surface area contributed by atoms with E-state index in [1.165, 1.54) is 0 Å². The van der Waals surface area contributed by atoms with Gasteiger partial charge in [0.15, 0.2) is 0 Å². The Hall–Kier alpha value is -1.69. The van der Waals surface area contributed by atoms with Crippen LogP contribution in [-0.4, -0.2) is 16.2 Å². The van der Waals surface area contributed by atoms with Crippen molar-refractivity contribution in [2.24, 2.45) is 11.7 Å². The van der Waals surface area contributed by atoms with Gasteiger partial charge in [0, 0.05) is 40.0 Å². The van der Waals surface area contributed by atoms with E-state index in [-0.39, 0.29) is 30.3 Å². The first-order chi connectivity index (χ1) is 12.6. The summed E-state index contributed by atoms with van der Waals surface area (Å²) in [6.45, 7) is 0. The molecule has 3 rings (SSSR count). The van der Waals surface area contributed by atoms with Gasteiger partial charge >= 0.3 is 0 Å². The van der Waals surface area contributed by atoms with E-state index in [4.69, 9.17) is 5.73 Å². The number of nitrogens with one attached hydrogen (secondary N) is 1. The second kappa shape index (κ2) is 10.6. The van der Waals surface area contributed by atoms with E-state index < -0.39 is 10.8 Å². The molecule has 0 aliphatic heterocycles. The molecule has 3 atom stereocenters. The van der Waals surface area contributed by atoms with Gasteiger partial charge in [-0.15, -0.1) is 12.4 Å². The normalized spacial score (nSPS) is 20.3. The topological polar surface area (TPSA) is 72.2 Å². The molecule has 1 saturated carbocycles. The fourth-order valence-corrected chi connectivity index (χ4v) is 4.66. The summed E-state index contributed by atoms with van der Waals surface area (Å²) < 4.78 is 12.4. The number of carbonyl (C=O) groups excluding carboxylic acids is 1. The number of benzene rings is 2. The van der Waals surface area contributed by atoms with Crippen molar-refractivity contribution in [3.8, 4) is 0 Å². The van der Waals surface area contributed by atoms with E-state index in [9.17, 15) is 9.00 Å². The van der Waals surface area contributed by atoms with Gasteiger partial charge < -0.3 is 11.1 Å². The molecule has 6 heteroatoms. The number of anilines is 1. The second-order valence-electron chi connectivity index (χ2n) is 7.03. The van der Waals surface area contributed by atoms with Gasteiger partial charge in [0.1, 0.15) is 0 Å². The van der Waals surface area contributed by atoms with Crippen LogP contribution in [0.15, 0.2) is 54.6 Å². The highest BCUT2D eigenvalue weighted by atomic mass is 35.5. The zero-order chi connectivity index (χ0) is 18.4. The first-order valence-corrected chi connectivity index (χ1v) is 10.6. The molecule has 2 aromatic carbocycles. The molecule has 1 fully saturated rings. The fourth-order valence-electron chi connectivity index (χ4n) is 3.45. The zero-order valence-electron chi connectivity index (χ0n) is 15.3. The number of carbonyl (C=O) groups is 1. The first-order valence-electron chi connectivity index (χ1n) is 9.14. The predicted molar refractivity (Wildman–Crippen MR) is 114 cm³/mol. The van der Waals surface area contributed by atoms with Gasteiger partial charge in [-0.1, -0.05) is 48.9 Å². The Morgan fingerprint density at radius 3 is 2.48 bits per heavy atom. The summed E-state index contributed by atoms with van der Waals surface area (Å²) in [4.78, 5) is 12.5. The lowest BCUT2D eigenvalue weighted by Crippen LogP contribution is -2.34. The molecule has 0 radical (unpaired) electrons. The smallest absolute Gasteiger partial charge is 0.227 e. The van der Waals surface area contributed by atoms with Crippen LogP contribution in [0.5, 0.6) is 0 Å². The summed E-state index contributed by atoms with van der Waals surface area (Å²) in [5.41, 5.74) is 8.79. The van der Waals surface area contributed by atoms with Crippen molar-refractivity contribution in [2.75, 3.05) is 5.32 Å². The fraction of sp³-hybridized carbons (Fsp3) is 0.381. The molecule has 27 heavy (non-hydrogen) atoms. The number of halogens is 1. The van der Waals surface area contributed by atoms with Gasteiger partial charge in [0.05, 0.1) is 0 Å². The molecule has 1 amide bonds. The predicted octanol–water partition coefficient (Wildman–Crippen LogP) is 4.01. The third-order valence-corrected chi connectivity index (χ3v) is 6.09. The first kappa shape index (κ1) is 21.6. The maximum atomic E-state index is 12.5. The van der Waals surface area contributed by atoms with E-state index in [1.807, 2.05) is 54.6 Å². The lowest BCUT2D eigenvalue weighted by molar-refractivity contribution is -0.120. The van der Waals surface area contributed by atoms with Crippen LogP contribution in [0.1, 0.15) is 36.8 Å². The van der Waals surface area contributed by atoms with Crippen LogP contribution in [0, 0.1) is 5.92 Å². The highest BCUT2D eigenvalue weighted by Crippen LogP contribution is 2.25. The molecule has 1 aliphatic rings. The number of hydrogen-bond donors (Lipinski definition) is 2. The van der Waals surface area contributed by atoms with Crippen LogP contribution in [0.25, 0.3) is 0 Å². The van der Waals surface area contributed by atoms with Crippen molar-refractivity contribution in [2.45, 2.75) is 43.2 Å². The van der Waals surface area contributed by atoms with Crippen molar-refractivity contribution in [3.63, 3.8) is 0 Å². The third kappa shape index (κ3) is 6.76. The minimum Gasteiger partial charge on any atom is -0.328 e. The number of rotatable bonds is 6. The Balaban J connectivity index is 0.00000261. The summed E-state index contributed by atoms with van der Waals surface area (Å²) in [6.07, 6.45) is 3.68. The Morgan fingerprint density at radius 1 is 1.04 bits per heavy atom. The molecule has 4 nitrogen and oxygen atoms in total. The summed E-state index contributed by atoms with van der Waals surface area (Å²) in [5, 5.41) is 3.00. The van der Waals surface area contributed by atoms with Crippen LogP contribution >= 0.6 is 12.4 Å². The molecule has 146 valence electrons. The summed E-state index contributed by atoms with van der Waals surface area (Å²) in [5.74, 6) is 1.06. The van der Waals surface area contributed by atoms with Crippen molar-refractivity contribution in [1.29, 1.82) is 0 Å². The summed E-state index contributed by atoms with van der Waals surface area (Å²) >= 11 is 0. The van der Waals surface area contributed by atoms with Gasteiger partial charge in [-0.25, -0.2) is 0 Å². The number of hydrogen-bond acceptors (Lipinski definition) is 3. The SMILES string of the molecule is Cl.NC1CCCC(C(=O)Nc2cccc(CS(=O)Cc3ccccc3)c2)C1. The van der Waals surface area contributed by atoms with Gasteiger partial charge in [0.25, 0.3) is 0 Å². The van der Waals surface area contributed by atoms with E-state index in [2.05, 4.69) is 5.32 Å². The number of amides is 1. The Labute approximate surface area is 169 Å². The molecular weight excluding hydrogens is 380 g/mol. The molecular formula is C21H27ClN2O2S. The van der Waals surface area contributed by atoms with Gasteiger partial charge in [-0.2, -0.15) is 0 Å². The molecule has 0 spiro atoms. The highest BCUT2D eigenvalue weighted by molar-refractivity contribution is 7.83. The largest absolute Gasteiger partial charge is 0.328 e. The van der Waals surface area contributed by atoms with E-state index in [0.29, 0.717) is 11.5 Å². The number of nitrogens with two attached hydrogens (primary N) is 1. The van der Waals surface area contributed by atoms with Crippen LogP contribution < -0.4 is 11.1 Å². The molecule has 2 aromatic rings. The van der Waals surface area contributed by atoms with E-state index in [1.54, 1.807) is 0 Å². The average molecular weight is 407 g/mol. The standard InChI is InChI=1S/C21H26N2O2S.ClH/c22-19-10-5-9-18(13-19)21(24)23-20-11-4-8-17(12-20)15-26(25)14-16-6-2-1-3-7-16;/h1-4,6-8,11-12,18-19H,5,9-10,13-15,22H2,(H,23,24);1H. The average Bonchev–Trinajstić information content (AvgIpc) is 2.62. The molecule has 0 heterocycles. The lowest BCUT2D eigenvalue weighted by Gasteiger charge is -2.25. The van der Waals surface area contributed by atoms with Crippen LogP contribution in [0.4, 0.5) is 5.69 Å². The van der Waals surface area contributed by atoms with Crippen LogP contribution in [0.3, 0.4) is 0 Å². The summed E-state index contributed by atoms with van der Waals surface area (Å²) in [6, 6.07) is 17.6. The molecule has 0 bridgehead atoms. The summed E-state index contributed by atoms with van der Waals surface area (Å²) in [7, 11) is -0.981. The molecule has 3 unspecified atom stereocenters. The Kier molecular flexibility index (Phi) is 8.48. The van der Waals surface area contributed by atoms with Gasteiger partial charge in [-0.05, 0) is 42.5 Å². The highest BCUT2D eigenvalue weighted by Gasteiger charge is 2.25. The van der Waals surface area contributed by atoms with E-state index >= 15 is 0 Å². The van der Waals surface area contributed by atoms with Gasteiger partial charge in [0.2, 0.25) is 5.91 Å². The van der Waals surface area contributed by atoms with Crippen molar-refractivity contribution in [3.05, 3.63) is 65.7 Å². The lowest BCUT2D eigenvalue weighted by atomic mass is 9.85. The molecule has 1 aliphatic carbocycles. The van der Waals surface area contributed by atoms with Crippen molar-refractivity contribution in [1.82, 2.24) is 0 Å². The Bertz CT molecular complexity index is 770. The maximum absolute atomic E-state index is 12.5. The quantitative estimate of drug-likeness (QED) is 0.761. The minimum atomic E-state index is -0.981. The monoisotopic (exact) mass is 406 g/mol. The minimum absolute atomic E-state index is 0. The maximum Gasteiger partial charge on any atom is 0.227 e. The van der Waals surface area contributed by atoms with Gasteiger partial charge in [-0.3, -0.25) is 9.00 Å².